The SMILES string of the molecule is C=COCCC1CC2CC1C1C3CCC(C3)C21. The van der Waals surface area contributed by atoms with E-state index in [9.17, 15) is 0 Å². The summed E-state index contributed by atoms with van der Waals surface area (Å²) in [5.41, 5.74) is 0. The van der Waals surface area contributed by atoms with E-state index in [1.165, 1.54) is 12.8 Å². The van der Waals surface area contributed by atoms with Crippen molar-refractivity contribution >= 4 is 0 Å². The summed E-state index contributed by atoms with van der Waals surface area (Å²) in [6.07, 6.45) is 10.7. The Labute approximate surface area is 105 Å². The first-order valence-electron chi connectivity index (χ1n) is 7.61. The van der Waals surface area contributed by atoms with Crippen molar-refractivity contribution in [1.29, 1.82) is 0 Å². The molecule has 0 aromatic carbocycles. The Kier molecular flexibility index (Phi) is 2.32. The fraction of sp³-hybridized carbons (Fsp3) is 0.875. The molecule has 0 spiro atoms. The van der Waals surface area contributed by atoms with Crippen molar-refractivity contribution < 1.29 is 4.74 Å². The Morgan fingerprint density at radius 2 is 1.82 bits per heavy atom. The van der Waals surface area contributed by atoms with Crippen LogP contribution in [0.2, 0.25) is 0 Å². The summed E-state index contributed by atoms with van der Waals surface area (Å²) in [7, 11) is 0. The predicted octanol–water partition coefficient (Wildman–Crippen LogP) is 3.85. The minimum Gasteiger partial charge on any atom is -0.502 e. The van der Waals surface area contributed by atoms with Gasteiger partial charge in [-0.3, -0.25) is 0 Å². The minimum absolute atomic E-state index is 0.906. The molecule has 4 fully saturated rings. The van der Waals surface area contributed by atoms with Crippen LogP contribution in [0.25, 0.3) is 0 Å². The van der Waals surface area contributed by atoms with E-state index in [1.54, 1.807) is 31.9 Å². The fourth-order valence-corrected chi connectivity index (χ4v) is 6.34. The molecule has 7 unspecified atom stereocenters. The zero-order chi connectivity index (χ0) is 11.4. The van der Waals surface area contributed by atoms with Gasteiger partial charge in [-0.15, -0.1) is 0 Å². The van der Waals surface area contributed by atoms with Gasteiger partial charge in [0.25, 0.3) is 0 Å². The van der Waals surface area contributed by atoms with Crippen LogP contribution in [0.4, 0.5) is 0 Å². The van der Waals surface area contributed by atoms with Crippen molar-refractivity contribution in [1.82, 2.24) is 0 Å². The van der Waals surface area contributed by atoms with Crippen molar-refractivity contribution in [3.8, 4) is 0 Å². The molecule has 4 aliphatic rings. The van der Waals surface area contributed by atoms with Gasteiger partial charge in [-0.25, -0.2) is 0 Å². The molecule has 0 aliphatic heterocycles. The topological polar surface area (TPSA) is 9.23 Å². The van der Waals surface area contributed by atoms with Crippen molar-refractivity contribution in [3.63, 3.8) is 0 Å². The molecule has 4 rings (SSSR count). The van der Waals surface area contributed by atoms with Crippen LogP contribution in [0.3, 0.4) is 0 Å². The normalized spacial score (nSPS) is 54.0. The first-order valence-corrected chi connectivity index (χ1v) is 7.61. The van der Waals surface area contributed by atoms with E-state index >= 15 is 0 Å². The summed E-state index contributed by atoms with van der Waals surface area (Å²) in [5.74, 6) is 7.74. The average molecular weight is 232 g/mol. The molecule has 4 aliphatic carbocycles. The van der Waals surface area contributed by atoms with Crippen LogP contribution >= 0.6 is 0 Å². The van der Waals surface area contributed by atoms with Crippen LogP contribution in [0.1, 0.15) is 38.5 Å². The molecular formula is C16H24O. The van der Waals surface area contributed by atoms with Gasteiger partial charge in [-0.1, -0.05) is 6.58 Å². The predicted molar refractivity (Wildman–Crippen MR) is 68.3 cm³/mol. The maximum atomic E-state index is 5.34. The summed E-state index contributed by atoms with van der Waals surface area (Å²) in [6.45, 7) is 4.54. The Bertz CT molecular complexity index is 323. The molecule has 0 aromatic heterocycles. The van der Waals surface area contributed by atoms with E-state index < -0.39 is 0 Å². The number of rotatable bonds is 4. The standard InChI is InChI=1S/C16H24O/c1-2-17-6-5-10-7-13-9-14(10)16-12-4-3-11(8-12)15(13)16/h2,10-16H,1,3-9H2. The third-order valence-corrected chi connectivity index (χ3v) is 6.60. The molecule has 0 amide bonds. The molecule has 1 nitrogen and oxygen atoms in total. The summed E-state index contributed by atoms with van der Waals surface area (Å²) < 4.78 is 5.34. The highest BCUT2D eigenvalue weighted by Crippen LogP contribution is 2.69. The smallest absolute Gasteiger partial charge is 0.0875 e. The zero-order valence-electron chi connectivity index (χ0n) is 10.7. The van der Waals surface area contributed by atoms with Gasteiger partial charge in [-0.05, 0) is 80.0 Å². The van der Waals surface area contributed by atoms with Crippen molar-refractivity contribution in [2.75, 3.05) is 6.61 Å². The van der Waals surface area contributed by atoms with E-state index in [4.69, 9.17) is 4.74 Å². The molecular weight excluding hydrogens is 208 g/mol. The second-order valence-electron chi connectivity index (χ2n) is 6.97. The van der Waals surface area contributed by atoms with Gasteiger partial charge >= 0.3 is 0 Å². The molecule has 4 saturated carbocycles. The van der Waals surface area contributed by atoms with Gasteiger partial charge in [0, 0.05) is 0 Å². The van der Waals surface area contributed by atoms with Crippen molar-refractivity contribution in [2.24, 2.45) is 41.4 Å². The van der Waals surface area contributed by atoms with E-state index in [0.717, 1.165) is 48.0 Å². The van der Waals surface area contributed by atoms with Crippen molar-refractivity contribution in [3.05, 3.63) is 12.8 Å². The average Bonchev–Trinajstić information content (AvgIpc) is 3.07. The molecule has 0 N–H and O–H groups in total. The second-order valence-corrected chi connectivity index (χ2v) is 6.97. The summed E-state index contributed by atoms with van der Waals surface area (Å²) in [6, 6.07) is 0. The van der Waals surface area contributed by atoms with Crippen LogP contribution in [-0.2, 0) is 4.74 Å². The largest absolute Gasteiger partial charge is 0.502 e. The van der Waals surface area contributed by atoms with Gasteiger partial charge in [0.1, 0.15) is 0 Å². The molecule has 0 radical (unpaired) electrons. The van der Waals surface area contributed by atoms with Gasteiger partial charge in [0.2, 0.25) is 0 Å². The Morgan fingerprint density at radius 1 is 1.00 bits per heavy atom. The van der Waals surface area contributed by atoms with E-state index in [-0.39, 0.29) is 0 Å². The first kappa shape index (κ1) is 10.5. The molecule has 0 saturated heterocycles. The summed E-state index contributed by atoms with van der Waals surface area (Å²) in [4.78, 5) is 0. The van der Waals surface area contributed by atoms with E-state index in [2.05, 4.69) is 6.58 Å². The Balaban J connectivity index is 1.46. The van der Waals surface area contributed by atoms with Crippen LogP contribution < -0.4 is 0 Å². The number of ether oxygens (including phenoxy) is 1. The first-order chi connectivity index (χ1) is 8.38. The zero-order valence-corrected chi connectivity index (χ0v) is 10.7. The van der Waals surface area contributed by atoms with E-state index in [0.29, 0.717) is 0 Å². The van der Waals surface area contributed by atoms with E-state index in [1.807, 2.05) is 0 Å². The number of fused-ring (bicyclic) bond motifs is 9. The summed E-state index contributed by atoms with van der Waals surface area (Å²) in [5, 5.41) is 0. The maximum Gasteiger partial charge on any atom is 0.0875 e. The lowest BCUT2D eigenvalue weighted by molar-refractivity contribution is 0.0883. The van der Waals surface area contributed by atoms with Crippen molar-refractivity contribution in [2.45, 2.75) is 38.5 Å². The Morgan fingerprint density at radius 3 is 2.65 bits per heavy atom. The van der Waals surface area contributed by atoms with Gasteiger partial charge in [0.05, 0.1) is 12.9 Å². The molecule has 0 aromatic rings. The highest BCUT2D eigenvalue weighted by atomic mass is 16.5. The lowest BCUT2D eigenvalue weighted by Crippen LogP contribution is -2.32. The second kappa shape index (κ2) is 3.76. The Hall–Kier alpha value is -0.460. The third kappa shape index (κ3) is 1.37. The maximum absolute atomic E-state index is 5.34. The molecule has 0 heterocycles. The van der Waals surface area contributed by atoms with Crippen LogP contribution in [0.5, 0.6) is 0 Å². The highest BCUT2D eigenvalue weighted by molar-refractivity contribution is 5.10. The quantitative estimate of drug-likeness (QED) is 0.406. The minimum atomic E-state index is 0.906. The van der Waals surface area contributed by atoms with Gasteiger partial charge < -0.3 is 4.74 Å². The lowest BCUT2D eigenvalue weighted by atomic mass is 9.67. The number of hydrogen-bond acceptors (Lipinski definition) is 1. The monoisotopic (exact) mass is 232 g/mol. The highest BCUT2D eigenvalue weighted by Gasteiger charge is 2.61. The van der Waals surface area contributed by atoms with Gasteiger partial charge in [-0.2, -0.15) is 0 Å². The van der Waals surface area contributed by atoms with Gasteiger partial charge in [0.15, 0.2) is 0 Å². The molecule has 7 atom stereocenters. The summed E-state index contributed by atoms with van der Waals surface area (Å²) >= 11 is 0. The molecule has 17 heavy (non-hydrogen) atoms. The molecule has 94 valence electrons. The third-order valence-electron chi connectivity index (χ3n) is 6.60. The lowest BCUT2D eigenvalue weighted by Gasteiger charge is -2.38. The van der Waals surface area contributed by atoms with Crippen LogP contribution in [0.15, 0.2) is 12.8 Å². The fourth-order valence-electron chi connectivity index (χ4n) is 6.34. The molecule has 4 bridgehead atoms. The number of hydrogen-bond donors (Lipinski definition) is 0. The van der Waals surface area contributed by atoms with Crippen LogP contribution in [-0.4, -0.2) is 6.61 Å². The van der Waals surface area contributed by atoms with Crippen LogP contribution in [0, 0.1) is 41.4 Å². The molecule has 1 heteroatoms.